The lowest BCUT2D eigenvalue weighted by Gasteiger charge is -1.95. The number of hydrogen-bond acceptors (Lipinski definition) is 2. The van der Waals surface area contributed by atoms with Gasteiger partial charge >= 0.3 is 0 Å². The van der Waals surface area contributed by atoms with Crippen LogP contribution in [0.15, 0.2) is 12.3 Å². The SMILES string of the molecule is NC(=O)CC#Cc1ccnc(Cl)c1Cl. The molecule has 14 heavy (non-hydrogen) atoms. The predicted octanol–water partition coefficient (Wildman–Crippen LogP) is 1.62. The standard InChI is InChI=1S/C9H6Cl2N2O/c10-8-6(2-1-3-7(12)14)4-5-13-9(8)11/h4-5H,3H2,(H2,12,14). The summed E-state index contributed by atoms with van der Waals surface area (Å²) < 4.78 is 0. The van der Waals surface area contributed by atoms with E-state index in [1.54, 1.807) is 6.07 Å². The van der Waals surface area contributed by atoms with Crippen LogP contribution in [0.4, 0.5) is 0 Å². The van der Waals surface area contributed by atoms with Crippen molar-refractivity contribution in [3.63, 3.8) is 0 Å². The zero-order valence-electron chi connectivity index (χ0n) is 7.05. The number of carbonyl (C=O) groups excluding carboxylic acids is 1. The Morgan fingerprint density at radius 2 is 2.29 bits per heavy atom. The molecular formula is C9H6Cl2N2O. The monoisotopic (exact) mass is 228 g/mol. The number of nitrogens with zero attached hydrogens (tertiary/aromatic N) is 1. The summed E-state index contributed by atoms with van der Waals surface area (Å²) in [5, 5.41) is 0.476. The van der Waals surface area contributed by atoms with Gasteiger partial charge in [-0.15, -0.1) is 0 Å². The molecule has 0 saturated heterocycles. The van der Waals surface area contributed by atoms with Gasteiger partial charge < -0.3 is 5.73 Å². The fourth-order valence-corrected chi connectivity index (χ4v) is 1.06. The normalized spacial score (nSPS) is 9.00. The molecule has 0 aromatic carbocycles. The molecule has 0 bridgehead atoms. The van der Waals surface area contributed by atoms with Crippen LogP contribution in [0.2, 0.25) is 10.2 Å². The van der Waals surface area contributed by atoms with Gasteiger partial charge in [0.05, 0.1) is 11.4 Å². The number of halogens is 2. The first-order valence-corrected chi connectivity index (χ1v) is 4.44. The third-order valence-corrected chi connectivity index (χ3v) is 2.10. The van der Waals surface area contributed by atoms with E-state index < -0.39 is 5.91 Å². The number of aromatic nitrogens is 1. The third-order valence-electron chi connectivity index (χ3n) is 1.33. The largest absolute Gasteiger partial charge is 0.369 e. The van der Waals surface area contributed by atoms with Crippen molar-refractivity contribution in [3.8, 4) is 11.8 Å². The topological polar surface area (TPSA) is 56.0 Å². The van der Waals surface area contributed by atoms with Gasteiger partial charge in [-0.3, -0.25) is 4.79 Å². The number of pyridine rings is 1. The molecule has 5 heteroatoms. The second kappa shape index (κ2) is 4.85. The Bertz CT molecular complexity index is 421. The third kappa shape index (κ3) is 2.91. The van der Waals surface area contributed by atoms with Crippen molar-refractivity contribution >= 4 is 29.1 Å². The average molecular weight is 229 g/mol. The smallest absolute Gasteiger partial charge is 0.229 e. The molecule has 0 saturated carbocycles. The number of primary amides is 1. The summed E-state index contributed by atoms with van der Waals surface area (Å²) in [7, 11) is 0. The Morgan fingerprint density at radius 3 is 2.93 bits per heavy atom. The van der Waals surface area contributed by atoms with E-state index in [2.05, 4.69) is 16.8 Å². The number of nitrogens with two attached hydrogens (primary N) is 1. The Hall–Kier alpha value is -1.24. The van der Waals surface area contributed by atoms with Crippen LogP contribution < -0.4 is 5.73 Å². The molecule has 0 radical (unpaired) electrons. The summed E-state index contributed by atoms with van der Waals surface area (Å²) in [5.74, 6) is 4.77. The first kappa shape index (κ1) is 10.8. The van der Waals surface area contributed by atoms with E-state index in [1.807, 2.05) is 0 Å². The van der Waals surface area contributed by atoms with Crippen LogP contribution in [0, 0.1) is 11.8 Å². The van der Waals surface area contributed by atoms with E-state index in [0.29, 0.717) is 5.56 Å². The highest BCUT2D eigenvalue weighted by Gasteiger charge is 2.01. The highest BCUT2D eigenvalue weighted by Crippen LogP contribution is 2.22. The summed E-state index contributed by atoms with van der Waals surface area (Å²) in [5.41, 5.74) is 5.45. The van der Waals surface area contributed by atoms with Crippen LogP contribution >= 0.6 is 23.2 Å². The molecule has 1 amide bonds. The first-order chi connectivity index (χ1) is 6.61. The van der Waals surface area contributed by atoms with Crippen LogP contribution in [0.3, 0.4) is 0 Å². The fourth-order valence-electron chi connectivity index (χ4n) is 0.741. The van der Waals surface area contributed by atoms with E-state index in [0.717, 1.165) is 0 Å². The van der Waals surface area contributed by atoms with Gasteiger partial charge in [0, 0.05) is 11.8 Å². The molecule has 1 heterocycles. The van der Waals surface area contributed by atoms with Gasteiger partial charge in [0.1, 0.15) is 5.15 Å². The molecule has 1 aromatic rings. The Morgan fingerprint density at radius 1 is 1.57 bits per heavy atom. The van der Waals surface area contributed by atoms with Crippen LogP contribution in [0.5, 0.6) is 0 Å². The minimum atomic E-state index is -0.478. The Balaban J connectivity index is 2.90. The van der Waals surface area contributed by atoms with Gasteiger partial charge in [-0.25, -0.2) is 4.98 Å². The molecule has 1 rings (SSSR count). The van der Waals surface area contributed by atoms with Crippen molar-refractivity contribution < 1.29 is 4.79 Å². The van der Waals surface area contributed by atoms with Crippen LogP contribution in [0.1, 0.15) is 12.0 Å². The van der Waals surface area contributed by atoms with Crippen molar-refractivity contribution in [3.05, 3.63) is 28.0 Å². The molecular weight excluding hydrogens is 223 g/mol. The molecule has 0 atom stereocenters. The van der Waals surface area contributed by atoms with Crippen molar-refractivity contribution in [2.45, 2.75) is 6.42 Å². The van der Waals surface area contributed by atoms with Gasteiger partial charge in [-0.05, 0) is 6.07 Å². The minimum absolute atomic E-state index is 0.00370. The predicted molar refractivity (Wildman–Crippen MR) is 54.9 cm³/mol. The second-order valence-electron chi connectivity index (χ2n) is 2.41. The lowest BCUT2D eigenvalue weighted by molar-refractivity contribution is -0.117. The van der Waals surface area contributed by atoms with Crippen molar-refractivity contribution in [1.29, 1.82) is 0 Å². The lowest BCUT2D eigenvalue weighted by atomic mass is 10.2. The number of hydrogen-bond donors (Lipinski definition) is 1. The van der Waals surface area contributed by atoms with Crippen LogP contribution in [-0.2, 0) is 4.79 Å². The molecule has 0 spiro atoms. The van der Waals surface area contributed by atoms with E-state index in [-0.39, 0.29) is 16.6 Å². The molecule has 0 aliphatic carbocycles. The number of amides is 1. The Kier molecular flexibility index (Phi) is 3.75. The van der Waals surface area contributed by atoms with Gasteiger partial charge in [0.2, 0.25) is 5.91 Å². The van der Waals surface area contributed by atoms with Gasteiger partial charge in [0.25, 0.3) is 0 Å². The first-order valence-electron chi connectivity index (χ1n) is 3.68. The van der Waals surface area contributed by atoms with Crippen molar-refractivity contribution in [1.82, 2.24) is 4.98 Å². The number of rotatable bonds is 1. The molecule has 0 fully saturated rings. The highest BCUT2D eigenvalue weighted by molar-refractivity contribution is 6.41. The molecule has 0 aliphatic rings. The van der Waals surface area contributed by atoms with Gasteiger partial charge in [-0.1, -0.05) is 35.0 Å². The fraction of sp³-hybridized carbons (Fsp3) is 0.111. The zero-order valence-corrected chi connectivity index (χ0v) is 8.56. The summed E-state index contributed by atoms with van der Waals surface area (Å²) in [6.45, 7) is 0. The Labute approximate surface area is 91.2 Å². The van der Waals surface area contributed by atoms with E-state index >= 15 is 0 Å². The average Bonchev–Trinajstić information content (AvgIpc) is 2.12. The molecule has 0 aliphatic heterocycles. The quantitative estimate of drug-likeness (QED) is 0.587. The van der Waals surface area contributed by atoms with E-state index in [9.17, 15) is 4.79 Å². The summed E-state index contributed by atoms with van der Waals surface area (Å²) in [6.07, 6.45) is 1.48. The summed E-state index contributed by atoms with van der Waals surface area (Å²) >= 11 is 11.4. The maximum Gasteiger partial charge on any atom is 0.229 e. The maximum atomic E-state index is 10.4. The van der Waals surface area contributed by atoms with Crippen molar-refractivity contribution in [2.24, 2.45) is 5.73 Å². The summed E-state index contributed by atoms with van der Waals surface area (Å²) in [6, 6.07) is 1.61. The molecule has 2 N–H and O–H groups in total. The maximum absolute atomic E-state index is 10.4. The van der Waals surface area contributed by atoms with E-state index in [1.165, 1.54) is 6.20 Å². The van der Waals surface area contributed by atoms with Crippen LogP contribution in [-0.4, -0.2) is 10.9 Å². The summed E-state index contributed by atoms with van der Waals surface area (Å²) in [4.78, 5) is 14.1. The molecule has 0 unspecified atom stereocenters. The lowest BCUT2D eigenvalue weighted by Crippen LogP contribution is -2.08. The van der Waals surface area contributed by atoms with E-state index in [4.69, 9.17) is 28.9 Å². The minimum Gasteiger partial charge on any atom is -0.369 e. The molecule has 72 valence electrons. The van der Waals surface area contributed by atoms with Gasteiger partial charge in [-0.2, -0.15) is 0 Å². The second-order valence-corrected chi connectivity index (χ2v) is 3.14. The number of carbonyl (C=O) groups is 1. The zero-order chi connectivity index (χ0) is 10.6. The van der Waals surface area contributed by atoms with Gasteiger partial charge in [0.15, 0.2) is 0 Å². The molecule has 3 nitrogen and oxygen atoms in total. The van der Waals surface area contributed by atoms with Crippen molar-refractivity contribution in [2.75, 3.05) is 0 Å². The molecule has 1 aromatic heterocycles. The van der Waals surface area contributed by atoms with Crippen LogP contribution in [0.25, 0.3) is 0 Å². The highest BCUT2D eigenvalue weighted by atomic mass is 35.5.